The highest BCUT2D eigenvalue weighted by molar-refractivity contribution is 6.03. The molecule has 3 aromatic rings. The maximum Gasteiger partial charge on any atom is 0.257 e. The van der Waals surface area contributed by atoms with Gasteiger partial charge in [-0.05, 0) is 17.7 Å². The van der Waals surface area contributed by atoms with E-state index in [0.717, 1.165) is 11.3 Å². The zero-order chi connectivity index (χ0) is 14.7. The van der Waals surface area contributed by atoms with E-state index in [1.54, 1.807) is 18.3 Å². The summed E-state index contributed by atoms with van der Waals surface area (Å²) in [5.41, 5.74) is 2.63. The monoisotopic (exact) mass is 277 g/mol. The fraction of sp³-hybridized carbons (Fsp3) is 0.0588. The van der Waals surface area contributed by atoms with Gasteiger partial charge in [-0.25, -0.2) is 4.98 Å². The fourth-order valence-corrected chi connectivity index (χ4v) is 2.17. The van der Waals surface area contributed by atoms with Crippen LogP contribution in [0.4, 0.5) is 5.95 Å². The number of benzene rings is 2. The summed E-state index contributed by atoms with van der Waals surface area (Å²) in [4.78, 5) is 16.4. The number of carbonyl (C=O) groups is 1. The summed E-state index contributed by atoms with van der Waals surface area (Å²) in [6.45, 7) is 0. The van der Waals surface area contributed by atoms with E-state index in [0.29, 0.717) is 11.5 Å². The molecule has 1 aromatic heterocycles. The first-order valence-corrected chi connectivity index (χ1v) is 6.69. The van der Waals surface area contributed by atoms with Crippen LogP contribution in [0.5, 0.6) is 0 Å². The van der Waals surface area contributed by atoms with E-state index in [-0.39, 0.29) is 5.91 Å². The van der Waals surface area contributed by atoms with E-state index < -0.39 is 0 Å². The number of nitrogens with one attached hydrogen (secondary N) is 1. The van der Waals surface area contributed by atoms with Crippen molar-refractivity contribution in [3.8, 4) is 11.3 Å². The van der Waals surface area contributed by atoms with Crippen LogP contribution in [0, 0.1) is 0 Å². The topological polar surface area (TPSA) is 46.9 Å². The lowest BCUT2D eigenvalue weighted by Crippen LogP contribution is -2.15. The number of imidazole rings is 1. The first kappa shape index (κ1) is 13.1. The zero-order valence-electron chi connectivity index (χ0n) is 11.7. The SMILES string of the molecule is Cn1c(-c2ccccc2)cnc1NC(=O)c1ccccc1. The number of amides is 1. The number of aromatic nitrogens is 2. The summed E-state index contributed by atoms with van der Waals surface area (Å²) in [5.74, 6) is 0.367. The Balaban J connectivity index is 1.85. The van der Waals surface area contributed by atoms with Crippen LogP contribution in [-0.2, 0) is 7.05 Å². The van der Waals surface area contributed by atoms with Gasteiger partial charge in [0.1, 0.15) is 0 Å². The summed E-state index contributed by atoms with van der Waals surface area (Å²) < 4.78 is 1.87. The Hall–Kier alpha value is -2.88. The molecule has 2 aromatic carbocycles. The minimum absolute atomic E-state index is 0.163. The Morgan fingerprint density at radius 2 is 1.62 bits per heavy atom. The van der Waals surface area contributed by atoms with Crippen LogP contribution in [0.25, 0.3) is 11.3 Å². The van der Waals surface area contributed by atoms with Crippen LogP contribution in [-0.4, -0.2) is 15.5 Å². The van der Waals surface area contributed by atoms with Crippen molar-refractivity contribution in [2.45, 2.75) is 0 Å². The van der Waals surface area contributed by atoms with Crippen LogP contribution >= 0.6 is 0 Å². The van der Waals surface area contributed by atoms with Crippen LogP contribution in [0.2, 0.25) is 0 Å². The molecule has 0 aliphatic heterocycles. The molecule has 4 nitrogen and oxygen atoms in total. The second-order valence-corrected chi connectivity index (χ2v) is 4.71. The summed E-state index contributed by atoms with van der Waals surface area (Å²) in [7, 11) is 1.88. The van der Waals surface area contributed by atoms with Crippen molar-refractivity contribution in [1.29, 1.82) is 0 Å². The molecule has 0 saturated carbocycles. The van der Waals surface area contributed by atoms with Crippen LogP contribution in [0.3, 0.4) is 0 Å². The van der Waals surface area contributed by atoms with Gasteiger partial charge in [0.2, 0.25) is 5.95 Å². The van der Waals surface area contributed by atoms with Crippen LogP contribution in [0.15, 0.2) is 66.9 Å². The van der Waals surface area contributed by atoms with E-state index in [9.17, 15) is 4.79 Å². The Morgan fingerprint density at radius 3 is 2.29 bits per heavy atom. The highest BCUT2D eigenvalue weighted by Crippen LogP contribution is 2.21. The maximum atomic E-state index is 12.1. The molecule has 0 fully saturated rings. The first-order valence-electron chi connectivity index (χ1n) is 6.69. The van der Waals surface area contributed by atoms with E-state index in [1.165, 1.54) is 0 Å². The average Bonchev–Trinajstić information content (AvgIpc) is 2.90. The Bertz CT molecular complexity index is 748. The van der Waals surface area contributed by atoms with Gasteiger partial charge in [0.25, 0.3) is 5.91 Å². The maximum absolute atomic E-state index is 12.1. The van der Waals surface area contributed by atoms with E-state index >= 15 is 0 Å². The molecule has 0 radical (unpaired) electrons. The highest BCUT2D eigenvalue weighted by atomic mass is 16.1. The third-order valence-electron chi connectivity index (χ3n) is 3.32. The molecule has 21 heavy (non-hydrogen) atoms. The predicted molar refractivity (Wildman–Crippen MR) is 83.0 cm³/mol. The lowest BCUT2D eigenvalue weighted by atomic mass is 10.2. The van der Waals surface area contributed by atoms with Gasteiger partial charge in [-0.1, -0.05) is 48.5 Å². The molecule has 1 N–H and O–H groups in total. The van der Waals surface area contributed by atoms with Crippen molar-refractivity contribution in [2.24, 2.45) is 7.05 Å². The van der Waals surface area contributed by atoms with Crippen molar-refractivity contribution in [3.63, 3.8) is 0 Å². The zero-order valence-corrected chi connectivity index (χ0v) is 11.7. The molecule has 0 unspecified atom stereocenters. The van der Waals surface area contributed by atoms with Crippen LogP contribution in [0.1, 0.15) is 10.4 Å². The second-order valence-electron chi connectivity index (χ2n) is 4.71. The lowest BCUT2D eigenvalue weighted by Gasteiger charge is -2.07. The molecule has 0 aliphatic carbocycles. The number of hydrogen-bond acceptors (Lipinski definition) is 2. The molecular weight excluding hydrogens is 262 g/mol. The standard InChI is InChI=1S/C17H15N3O/c1-20-15(13-8-4-2-5-9-13)12-18-17(20)19-16(21)14-10-6-3-7-11-14/h2-12H,1H3,(H,18,19,21). The minimum Gasteiger partial charge on any atom is -0.313 e. The van der Waals surface area contributed by atoms with Crippen molar-refractivity contribution in [2.75, 3.05) is 5.32 Å². The molecule has 1 heterocycles. The Morgan fingerprint density at radius 1 is 1.00 bits per heavy atom. The van der Waals surface area contributed by atoms with E-state index in [2.05, 4.69) is 10.3 Å². The van der Waals surface area contributed by atoms with E-state index in [1.807, 2.05) is 60.1 Å². The van der Waals surface area contributed by atoms with Gasteiger partial charge >= 0.3 is 0 Å². The molecule has 0 bridgehead atoms. The number of nitrogens with zero attached hydrogens (tertiary/aromatic N) is 2. The summed E-state index contributed by atoms with van der Waals surface area (Å²) in [6.07, 6.45) is 1.76. The molecule has 0 spiro atoms. The van der Waals surface area contributed by atoms with E-state index in [4.69, 9.17) is 0 Å². The van der Waals surface area contributed by atoms with Crippen molar-refractivity contribution in [1.82, 2.24) is 9.55 Å². The highest BCUT2D eigenvalue weighted by Gasteiger charge is 2.12. The van der Waals surface area contributed by atoms with Gasteiger partial charge in [-0.2, -0.15) is 0 Å². The minimum atomic E-state index is -0.163. The van der Waals surface area contributed by atoms with Gasteiger partial charge in [0, 0.05) is 12.6 Å². The number of anilines is 1. The normalized spacial score (nSPS) is 10.3. The number of carbonyl (C=O) groups excluding carboxylic acids is 1. The fourth-order valence-electron chi connectivity index (χ4n) is 2.17. The molecule has 0 atom stereocenters. The molecular formula is C17H15N3O. The van der Waals surface area contributed by atoms with Gasteiger partial charge < -0.3 is 4.57 Å². The first-order chi connectivity index (χ1) is 10.3. The summed E-state index contributed by atoms with van der Waals surface area (Å²) in [6, 6.07) is 19.1. The molecule has 4 heteroatoms. The quantitative estimate of drug-likeness (QED) is 0.798. The molecule has 0 saturated heterocycles. The molecule has 104 valence electrons. The average molecular weight is 277 g/mol. The van der Waals surface area contributed by atoms with Gasteiger partial charge in [0.05, 0.1) is 11.9 Å². The third kappa shape index (κ3) is 2.69. The van der Waals surface area contributed by atoms with Gasteiger partial charge in [0.15, 0.2) is 0 Å². The Labute approximate surface area is 123 Å². The van der Waals surface area contributed by atoms with Crippen molar-refractivity contribution >= 4 is 11.9 Å². The lowest BCUT2D eigenvalue weighted by molar-refractivity contribution is 0.102. The largest absolute Gasteiger partial charge is 0.313 e. The third-order valence-corrected chi connectivity index (χ3v) is 3.32. The predicted octanol–water partition coefficient (Wildman–Crippen LogP) is 3.34. The van der Waals surface area contributed by atoms with Gasteiger partial charge in [-0.15, -0.1) is 0 Å². The second kappa shape index (κ2) is 5.63. The number of hydrogen-bond donors (Lipinski definition) is 1. The van der Waals surface area contributed by atoms with Crippen molar-refractivity contribution < 1.29 is 4.79 Å². The molecule has 0 aliphatic rings. The number of rotatable bonds is 3. The molecule has 3 rings (SSSR count). The van der Waals surface area contributed by atoms with Gasteiger partial charge in [-0.3, -0.25) is 10.1 Å². The summed E-state index contributed by atoms with van der Waals surface area (Å²) >= 11 is 0. The summed E-state index contributed by atoms with van der Waals surface area (Å²) in [5, 5.41) is 2.83. The Kier molecular flexibility index (Phi) is 3.51. The van der Waals surface area contributed by atoms with Crippen LogP contribution < -0.4 is 5.32 Å². The molecule has 1 amide bonds. The smallest absolute Gasteiger partial charge is 0.257 e. The van der Waals surface area contributed by atoms with Crippen molar-refractivity contribution in [3.05, 3.63) is 72.4 Å².